The summed E-state index contributed by atoms with van der Waals surface area (Å²) in [4.78, 5) is 0. The van der Waals surface area contributed by atoms with Gasteiger partial charge in [-0.25, -0.2) is 0 Å². The Bertz CT molecular complexity index is 522. The first-order valence-electron chi connectivity index (χ1n) is 6.83. The van der Waals surface area contributed by atoms with Crippen molar-refractivity contribution in [1.82, 2.24) is 0 Å². The smallest absolute Gasteiger partial charge is 0.119 e. The standard InChI is InChI=1S/C17H20O/c1-12-16(13-5-3-4-6-13)9-7-14-11-15(18-2)8-10-17(12)14/h3,5,8,10-11,13H,4,6-7,9H2,1-2H3/t13-/m0/s1. The van der Waals surface area contributed by atoms with Crippen LogP contribution in [0.3, 0.4) is 0 Å². The second-order valence-electron chi connectivity index (χ2n) is 5.29. The maximum absolute atomic E-state index is 5.31. The van der Waals surface area contributed by atoms with Gasteiger partial charge in [-0.1, -0.05) is 23.8 Å². The second-order valence-corrected chi connectivity index (χ2v) is 5.29. The van der Waals surface area contributed by atoms with Crippen LogP contribution in [0.2, 0.25) is 0 Å². The molecule has 1 nitrogen and oxygen atoms in total. The highest BCUT2D eigenvalue weighted by Gasteiger charge is 2.22. The van der Waals surface area contributed by atoms with Gasteiger partial charge in [0.25, 0.3) is 0 Å². The molecule has 0 amide bonds. The lowest BCUT2D eigenvalue weighted by molar-refractivity contribution is 0.414. The second kappa shape index (κ2) is 4.64. The van der Waals surface area contributed by atoms with E-state index < -0.39 is 0 Å². The van der Waals surface area contributed by atoms with Crippen molar-refractivity contribution in [3.63, 3.8) is 0 Å². The van der Waals surface area contributed by atoms with Gasteiger partial charge in [-0.3, -0.25) is 0 Å². The molecule has 0 saturated heterocycles. The van der Waals surface area contributed by atoms with Gasteiger partial charge in [0.1, 0.15) is 5.75 Å². The molecule has 1 heteroatoms. The molecule has 2 aliphatic carbocycles. The first kappa shape index (κ1) is 11.6. The Kier molecular flexibility index (Phi) is 2.99. The van der Waals surface area contributed by atoms with E-state index in [0.29, 0.717) is 5.92 Å². The summed E-state index contributed by atoms with van der Waals surface area (Å²) >= 11 is 0. The van der Waals surface area contributed by atoms with E-state index in [4.69, 9.17) is 4.74 Å². The summed E-state index contributed by atoms with van der Waals surface area (Å²) in [6.07, 6.45) is 9.64. The van der Waals surface area contributed by atoms with Gasteiger partial charge in [0.2, 0.25) is 0 Å². The minimum absolute atomic E-state index is 0.695. The molecule has 0 N–H and O–H groups in total. The van der Waals surface area contributed by atoms with Crippen molar-refractivity contribution in [2.24, 2.45) is 5.92 Å². The molecule has 0 spiro atoms. The first-order chi connectivity index (χ1) is 8.79. The molecular formula is C17H20O. The van der Waals surface area contributed by atoms with Crippen molar-refractivity contribution in [3.8, 4) is 5.75 Å². The average Bonchev–Trinajstić information content (AvgIpc) is 2.92. The lowest BCUT2D eigenvalue weighted by Crippen LogP contribution is -2.09. The molecule has 0 aliphatic heterocycles. The number of rotatable bonds is 2. The van der Waals surface area contributed by atoms with Crippen molar-refractivity contribution in [3.05, 3.63) is 47.1 Å². The Morgan fingerprint density at radius 3 is 2.83 bits per heavy atom. The summed E-state index contributed by atoms with van der Waals surface area (Å²) in [5.41, 5.74) is 6.02. The molecule has 94 valence electrons. The highest BCUT2D eigenvalue weighted by molar-refractivity contribution is 5.73. The first-order valence-corrected chi connectivity index (χ1v) is 6.83. The van der Waals surface area contributed by atoms with Gasteiger partial charge in [-0.15, -0.1) is 0 Å². The average molecular weight is 240 g/mol. The lowest BCUT2D eigenvalue weighted by Gasteiger charge is -2.25. The van der Waals surface area contributed by atoms with E-state index in [1.807, 2.05) is 0 Å². The molecule has 0 fully saturated rings. The maximum atomic E-state index is 5.31. The van der Waals surface area contributed by atoms with Crippen LogP contribution < -0.4 is 4.74 Å². The normalized spacial score (nSPS) is 22.2. The molecule has 0 aromatic heterocycles. The minimum Gasteiger partial charge on any atom is -0.497 e. The largest absolute Gasteiger partial charge is 0.497 e. The van der Waals surface area contributed by atoms with Gasteiger partial charge in [0, 0.05) is 0 Å². The molecule has 3 rings (SSSR count). The predicted octanol–water partition coefficient (Wildman–Crippen LogP) is 4.38. The number of methoxy groups -OCH3 is 1. The number of hydrogen-bond acceptors (Lipinski definition) is 1. The zero-order chi connectivity index (χ0) is 12.5. The summed E-state index contributed by atoms with van der Waals surface area (Å²) < 4.78 is 5.31. The Hall–Kier alpha value is -1.50. The number of allylic oxidation sites excluding steroid dienone is 4. The van der Waals surface area contributed by atoms with Crippen molar-refractivity contribution < 1.29 is 4.74 Å². The summed E-state index contributed by atoms with van der Waals surface area (Å²) in [5, 5.41) is 0. The van der Waals surface area contributed by atoms with Crippen LogP contribution in [0.1, 0.15) is 37.3 Å². The molecule has 0 heterocycles. The van der Waals surface area contributed by atoms with Gasteiger partial charge in [0.05, 0.1) is 7.11 Å². The maximum Gasteiger partial charge on any atom is 0.119 e. The van der Waals surface area contributed by atoms with E-state index in [1.165, 1.54) is 36.0 Å². The molecule has 0 radical (unpaired) electrons. The van der Waals surface area contributed by atoms with Gasteiger partial charge in [-0.2, -0.15) is 0 Å². The molecule has 2 aliphatic rings. The Balaban J connectivity index is 2.00. The highest BCUT2D eigenvalue weighted by Crippen LogP contribution is 2.39. The summed E-state index contributed by atoms with van der Waals surface area (Å²) in [7, 11) is 1.74. The topological polar surface area (TPSA) is 9.23 Å². The van der Waals surface area contributed by atoms with Crippen molar-refractivity contribution in [1.29, 1.82) is 0 Å². The van der Waals surface area contributed by atoms with Gasteiger partial charge >= 0.3 is 0 Å². The third-order valence-corrected chi connectivity index (χ3v) is 4.32. The van der Waals surface area contributed by atoms with Crippen molar-refractivity contribution >= 4 is 5.57 Å². The van der Waals surface area contributed by atoms with E-state index >= 15 is 0 Å². The van der Waals surface area contributed by atoms with E-state index in [1.54, 1.807) is 12.7 Å². The van der Waals surface area contributed by atoms with Crippen molar-refractivity contribution in [2.45, 2.75) is 32.6 Å². The molecule has 0 unspecified atom stereocenters. The summed E-state index contributed by atoms with van der Waals surface area (Å²) in [5.74, 6) is 1.67. The van der Waals surface area contributed by atoms with E-state index in [-0.39, 0.29) is 0 Å². The van der Waals surface area contributed by atoms with Gasteiger partial charge in [0.15, 0.2) is 0 Å². The Morgan fingerprint density at radius 2 is 2.11 bits per heavy atom. The molecule has 18 heavy (non-hydrogen) atoms. The number of hydrogen-bond donors (Lipinski definition) is 0. The predicted molar refractivity (Wildman–Crippen MR) is 75.8 cm³/mol. The minimum atomic E-state index is 0.695. The fourth-order valence-electron chi connectivity index (χ4n) is 3.29. The zero-order valence-corrected chi connectivity index (χ0v) is 11.2. The van der Waals surface area contributed by atoms with Crippen LogP contribution >= 0.6 is 0 Å². The highest BCUT2D eigenvalue weighted by atomic mass is 16.5. The monoisotopic (exact) mass is 240 g/mol. The summed E-state index contributed by atoms with van der Waals surface area (Å²) in [6, 6.07) is 6.50. The summed E-state index contributed by atoms with van der Waals surface area (Å²) in [6.45, 7) is 2.28. The molecule has 1 aromatic rings. The van der Waals surface area contributed by atoms with E-state index in [0.717, 1.165) is 12.2 Å². The van der Waals surface area contributed by atoms with E-state index in [9.17, 15) is 0 Å². The Morgan fingerprint density at radius 1 is 1.22 bits per heavy atom. The SMILES string of the molecule is COc1ccc2c(c1)CCC([C@H]1C=CCC1)=C2C. The molecule has 0 bridgehead atoms. The van der Waals surface area contributed by atoms with Gasteiger partial charge < -0.3 is 4.74 Å². The molecule has 1 aromatic carbocycles. The number of ether oxygens (including phenoxy) is 1. The van der Waals surface area contributed by atoms with Crippen LogP contribution in [-0.2, 0) is 6.42 Å². The number of benzene rings is 1. The Labute approximate surface area is 109 Å². The fraction of sp³-hybridized carbons (Fsp3) is 0.412. The number of fused-ring (bicyclic) bond motifs is 1. The van der Waals surface area contributed by atoms with Crippen LogP contribution in [0.4, 0.5) is 0 Å². The van der Waals surface area contributed by atoms with Crippen LogP contribution in [0.25, 0.3) is 5.57 Å². The quantitative estimate of drug-likeness (QED) is 0.697. The van der Waals surface area contributed by atoms with Gasteiger partial charge in [-0.05, 0) is 67.4 Å². The third kappa shape index (κ3) is 1.88. The molecule has 0 saturated carbocycles. The van der Waals surface area contributed by atoms with Crippen molar-refractivity contribution in [2.75, 3.05) is 7.11 Å². The zero-order valence-electron chi connectivity index (χ0n) is 11.2. The van der Waals surface area contributed by atoms with Crippen LogP contribution in [-0.4, -0.2) is 7.11 Å². The number of aryl methyl sites for hydroxylation is 1. The van der Waals surface area contributed by atoms with Crippen LogP contribution in [0, 0.1) is 5.92 Å². The van der Waals surface area contributed by atoms with E-state index in [2.05, 4.69) is 37.3 Å². The fourth-order valence-corrected chi connectivity index (χ4v) is 3.29. The third-order valence-electron chi connectivity index (χ3n) is 4.32. The lowest BCUT2D eigenvalue weighted by atomic mass is 9.80. The molecule has 1 atom stereocenters. The van der Waals surface area contributed by atoms with Crippen LogP contribution in [0.5, 0.6) is 5.75 Å². The van der Waals surface area contributed by atoms with Crippen LogP contribution in [0.15, 0.2) is 35.9 Å². The molecular weight excluding hydrogens is 220 g/mol.